The Morgan fingerprint density at radius 1 is 0.825 bits per heavy atom. The van der Waals surface area contributed by atoms with Crippen LogP contribution in [0.25, 0.3) is 0 Å². The van der Waals surface area contributed by atoms with Gasteiger partial charge in [-0.3, -0.25) is 4.79 Å². The fourth-order valence-corrected chi connectivity index (χ4v) is 4.64. The molecule has 0 unspecified atom stereocenters. The summed E-state index contributed by atoms with van der Waals surface area (Å²) >= 11 is 3.30. The SMILES string of the molecule is O=C(N[C@@](Cc1ccc(Br)cc1)(c1cc(O)cc(F)c1)c1ccc(F)c(CF)c1)c1ccc(F)c(C(F)(F)F)c1. The number of alkyl halides is 4. The number of amides is 1. The molecular formula is C29H19BrF7NO2. The van der Waals surface area contributed by atoms with Gasteiger partial charge in [0, 0.05) is 28.1 Å². The highest BCUT2D eigenvalue weighted by Crippen LogP contribution is 2.38. The monoisotopic (exact) mass is 625 g/mol. The predicted octanol–water partition coefficient (Wildman–Crippen LogP) is 7.98. The zero-order valence-electron chi connectivity index (χ0n) is 20.3. The van der Waals surface area contributed by atoms with Crippen LogP contribution in [0.4, 0.5) is 30.7 Å². The maximum atomic E-state index is 14.6. The maximum absolute atomic E-state index is 14.6. The third-order valence-electron chi connectivity index (χ3n) is 6.30. The summed E-state index contributed by atoms with van der Waals surface area (Å²) in [7, 11) is 0. The van der Waals surface area contributed by atoms with E-state index in [9.17, 15) is 40.6 Å². The maximum Gasteiger partial charge on any atom is 0.419 e. The standard InChI is InChI=1S/C29H19BrF7NO2/c30-21-5-1-16(2-6-21)14-28(20-11-22(32)13-23(39)12-20,19-4-8-25(33)18(9-19)15-31)38-27(40)17-3-7-26(34)24(10-17)29(35,36)37/h1-13,39H,14-15H2,(H,38,40)/t28-/m1/s1. The second-order valence-electron chi connectivity index (χ2n) is 8.99. The molecule has 1 atom stereocenters. The summed E-state index contributed by atoms with van der Waals surface area (Å²) < 4.78 is 97.4. The summed E-state index contributed by atoms with van der Waals surface area (Å²) in [5.41, 5.74) is -4.04. The van der Waals surface area contributed by atoms with Crippen molar-refractivity contribution in [2.75, 3.05) is 0 Å². The van der Waals surface area contributed by atoms with Gasteiger partial charge in [-0.15, -0.1) is 0 Å². The third-order valence-corrected chi connectivity index (χ3v) is 6.83. The average molecular weight is 626 g/mol. The Morgan fingerprint density at radius 3 is 2.12 bits per heavy atom. The number of rotatable bonds is 7. The van der Waals surface area contributed by atoms with Crippen LogP contribution in [0, 0.1) is 17.5 Å². The van der Waals surface area contributed by atoms with E-state index in [1.807, 2.05) is 0 Å². The summed E-state index contributed by atoms with van der Waals surface area (Å²) in [6.07, 6.45) is -5.30. The van der Waals surface area contributed by atoms with E-state index in [1.165, 1.54) is 6.07 Å². The van der Waals surface area contributed by atoms with Gasteiger partial charge in [-0.1, -0.05) is 34.1 Å². The molecule has 0 bridgehead atoms. The quantitative estimate of drug-likeness (QED) is 0.205. The molecule has 3 nitrogen and oxygen atoms in total. The molecule has 4 rings (SSSR count). The van der Waals surface area contributed by atoms with E-state index in [1.54, 1.807) is 24.3 Å². The lowest BCUT2D eigenvalue weighted by Crippen LogP contribution is -2.48. The molecule has 11 heteroatoms. The molecule has 40 heavy (non-hydrogen) atoms. The Bertz CT molecular complexity index is 1540. The molecule has 0 saturated carbocycles. The summed E-state index contributed by atoms with van der Waals surface area (Å²) in [5, 5.41) is 12.8. The van der Waals surface area contributed by atoms with Crippen LogP contribution in [0.1, 0.15) is 38.2 Å². The van der Waals surface area contributed by atoms with Crippen molar-refractivity contribution in [1.82, 2.24) is 5.32 Å². The lowest BCUT2D eigenvalue weighted by atomic mass is 9.77. The third kappa shape index (κ3) is 6.14. The van der Waals surface area contributed by atoms with Crippen LogP contribution >= 0.6 is 15.9 Å². The summed E-state index contributed by atoms with van der Waals surface area (Å²) in [5.74, 6) is -5.08. The van der Waals surface area contributed by atoms with Crippen molar-refractivity contribution in [3.05, 3.63) is 134 Å². The van der Waals surface area contributed by atoms with Gasteiger partial charge >= 0.3 is 6.18 Å². The fourth-order valence-electron chi connectivity index (χ4n) is 4.38. The van der Waals surface area contributed by atoms with Crippen LogP contribution in [-0.4, -0.2) is 11.0 Å². The van der Waals surface area contributed by atoms with Crippen molar-refractivity contribution < 1.29 is 40.6 Å². The van der Waals surface area contributed by atoms with Gasteiger partial charge in [-0.25, -0.2) is 17.6 Å². The van der Waals surface area contributed by atoms with Gasteiger partial charge < -0.3 is 10.4 Å². The number of benzene rings is 4. The predicted molar refractivity (Wildman–Crippen MR) is 137 cm³/mol. The van der Waals surface area contributed by atoms with Crippen LogP contribution in [0.2, 0.25) is 0 Å². The molecule has 0 saturated heterocycles. The summed E-state index contributed by atoms with van der Waals surface area (Å²) in [6, 6.07) is 14.4. The van der Waals surface area contributed by atoms with Crippen LogP contribution in [0.15, 0.2) is 83.3 Å². The minimum atomic E-state index is -5.10. The fraction of sp³-hybridized carbons (Fsp3) is 0.138. The van der Waals surface area contributed by atoms with E-state index in [0.29, 0.717) is 22.2 Å². The molecule has 0 aliphatic rings. The first-order chi connectivity index (χ1) is 18.8. The normalized spacial score (nSPS) is 13.1. The molecule has 1 amide bonds. The molecule has 4 aromatic carbocycles. The lowest BCUT2D eigenvalue weighted by Gasteiger charge is -2.37. The van der Waals surface area contributed by atoms with Crippen molar-refractivity contribution in [3.8, 4) is 5.75 Å². The Balaban J connectivity index is 1.98. The molecule has 2 N–H and O–H groups in total. The molecular weight excluding hydrogens is 607 g/mol. The van der Waals surface area contributed by atoms with Crippen LogP contribution < -0.4 is 5.32 Å². The highest BCUT2D eigenvalue weighted by atomic mass is 79.9. The zero-order chi connectivity index (χ0) is 29.2. The number of hydrogen-bond acceptors (Lipinski definition) is 2. The van der Waals surface area contributed by atoms with Crippen molar-refractivity contribution in [1.29, 1.82) is 0 Å². The van der Waals surface area contributed by atoms with Gasteiger partial charge in [-0.05, 0) is 71.3 Å². The molecule has 4 aromatic rings. The van der Waals surface area contributed by atoms with E-state index in [0.717, 1.165) is 36.4 Å². The molecule has 0 fully saturated rings. The summed E-state index contributed by atoms with van der Waals surface area (Å²) in [6.45, 7) is -1.23. The van der Waals surface area contributed by atoms with Gasteiger partial charge in [0.15, 0.2) is 0 Å². The lowest BCUT2D eigenvalue weighted by molar-refractivity contribution is -0.140. The molecule has 0 radical (unpaired) electrons. The number of carbonyl (C=O) groups is 1. The topological polar surface area (TPSA) is 49.3 Å². The van der Waals surface area contributed by atoms with E-state index >= 15 is 0 Å². The molecule has 0 aliphatic heterocycles. The van der Waals surface area contributed by atoms with Crippen molar-refractivity contribution in [2.45, 2.75) is 24.8 Å². The van der Waals surface area contributed by atoms with Gasteiger partial charge in [0.05, 0.1) is 11.1 Å². The number of aromatic hydroxyl groups is 1. The Hall–Kier alpha value is -3.86. The largest absolute Gasteiger partial charge is 0.508 e. The van der Waals surface area contributed by atoms with Crippen LogP contribution in [0.5, 0.6) is 5.75 Å². The van der Waals surface area contributed by atoms with Gasteiger partial charge in [-0.2, -0.15) is 13.2 Å². The second-order valence-corrected chi connectivity index (χ2v) is 9.91. The highest BCUT2D eigenvalue weighted by Gasteiger charge is 2.39. The molecule has 0 aliphatic carbocycles. The summed E-state index contributed by atoms with van der Waals surface area (Å²) in [4.78, 5) is 13.5. The Morgan fingerprint density at radius 2 is 1.50 bits per heavy atom. The Labute approximate surface area is 232 Å². The van der Waals surface area contributed by atoms with Crippen LogP contribution in [-0.2, 0) is 24.8 Å². The first kappa shape index (κ1) is 29.1. The van der Waals surface area contributed by atoms with Crippen molar-refractivity contribution >= 4 is 21.8 Å². The molecule has 0 heterocycles. The first-order valence-corrected chi connectivity index (χ1v) is 12.4. The number of carbonyl (C=O) groups excluding carboxylic acids is 1. The number of nitrogens with one attached hydrogen (secondary N) is 1. The molecule has 0 aromatic heterocycles. The number of halogens is 8. The van der Waals surface area contributed by atoms with Gasteiger partial charge in [0.25, 0.3) is 5.91 Å². The van der Waals surface area contributed by atoms with Crippen molar-refractivity contribution in [2.24, 2.45) is 0 Å². The molecule has 0 spiro atoms. The first-order valence-electron chi connectivity index (χ1n) is 11.6. The zero-order valence-corrected chi connectivity index (χ0v) is 21.9. The molecule has 208 valence electrons. The smallest absolute Gasteiger partial charge is 0.419 e. The number of hydrogen-bond donors (Lipinski definition) is 2. The van der Waals surface area contributed by atoms with E-state index in [2.05, 4.69) is 21.2 Å². The highest BCUT2D eigenvalue weighted by molar-refractivity contribution is 9.10. The van der Waals surface area contributed by atoms with E-state index in [-0.39, 0.29) is 17.5 Å². The Kier molecular flexibility index (Phi) is 8.25. The van der Waals surface area contributed by atoms with Gasteiger partial charge in [0.1, 0.15) is 29.9 Å². The van der Waals surface area contributed by atoms with Crippen molar-refractivity contribution in [3.63, 3.8) is 0 Å². The van der Waals surface area contributed by atoms with Gasteiger partial charge in [0.2, 0.25) is 0 Å². The number of phenols is 1. The van der Waals surface area contributed by atoms with Crippen LogP contribution in [0.3, 0.4) is 0 Å². The number of phenolic OH excluding ortho intramolecular Hbond substituents is 1. The van der Waals surface area contributed by atoms with E-state index in [4.69, 9.17) is 0 Å². The minimum Gasteiger partial charge on any atom is -0.508 e. The van der Waals surface area contributed by atoms with E-state index < -0.39 is 64.2 Å². The minimum absolute atomic E-state index is 0.0426. The average Bonchev–Trinajstić information content (AvgIpc) is 2.88. The second kappa shape index (κ2) is 11.3.